The van der Waals surface area contributed by atoms with Gasteiger partial charge in [-0.2, -0.15) is 0 Å². The van der Waals surface area contributed by atoms with Crippen LogP contribution in [0.1, 0.15) is 13.8 Å². The van der Waals surface area contributed by atoms with Crippen LogP contribution in [0.4, 0.5) is 0 Å². The van der Waals surface area contributed by atoms with Gasteiger partial charge in [0.2, 0.25) is 0 Å². The SMILES string of the molecule is CO[Si](OC)(C1=NCCS1)C(C)C. The minimum atomic E-state index is -2.17. The van der Waals surface area contributed by atoms with Gasteiger partial charge in [0, 0.05) is 32.1 Å². The van der Waals surface area contributed by atoms with Crippen LogP contribution in [0.5, 0.6) is 0 Å². The van der Waals surface area contributed by atoms with E-state index in [1.165, 1.54) is 0 Å². The Kier molecular flexibility index (Phi) is 3.97. The van der Waals surface area contributed by atoms with E-state index in [0.717, 1.165) is 17.0 Å². The van der Waals surface area contributed by atoms with Crippen LogP contribution in [0.25, 0.3) is 0 Å². The molecule has 0 aromatic heterocycles. The van der Waals surface area contributed by atoms with Crippen LogP contribution in [-0.2, 0) is 8.85 Å². The van der Waals surface area contributed by atoms with Crippen molar-refractivity contribution in [3.63, 3.8) is 0 Å². The Morgan fingerprint density at radius 1 is 1.38 bits per heavy atom. The highest BCUT2D eigenvalue weighted by Crippen LogP contribution is 2.31. The number of thioether (sulfide) groups is 1. The normalized spacial score (nSPS) is 18.1. The van der Waals surface area contributed by atoms with Gasteiger partial charge in [0.15, 0.2) is 0 Å². The highest BCUT2D eigenvalue weighted by Gasteiger charge is 2.46. The van der Waals surface area contributed by atoms with Gasteiger partial charge in [0.25, 0.3) is 0 Å². The van der Waals surface area contributed by atoms with E-state index in [0.29, 0.717) is 5.54 Å². The molecule has 3 nitrogen and oxygen atoms in total. The highest BCUT2D eigenvalue weighted by molar-refractivity contribution is 8.18. The van der Waals surface area contributed by atoms with E-state index in [1.54, 1.807) is 26.0 Å². The van der Waals surface area contributed by atoms with Crippen molar-refractivity contribution in [2.24, 2.45) is 4.99 Å². The summed E-state index contributed by atoms with van der Waals surface area (Å²) in [4.78, 5) is 4.46. The maximum absolute atomic E-state index is 5.60. The number of hydrogen-bond donors (Lipinski definition) is 0. The predicted octanol–water partition coefficient (Wildman–Crippen LogP) is 1.82. The van der Waals surface area contributed by atoms with E-state index < -0.39 is 8.56 Å². The smallest absolute Gasteiger partial charge is 0.393 e. The van der Waals surface area contributed by atoms with Crippen molar-refractivity contribution in [3.05, 3.63) is 0 Å². The molecule has 0 spiro atoms. The topological polar surface area (TPSA) is 30.8 Å². The van der Waals surface area contributed by atoms with Crippen molar-refractivity contribution in [1.29, 1.82) is 0 Å². The van der Waals surface area contributed by atoms with E-state index in [-0.39, 0.29) is 0 Å². The fourth-order valence-corrected chi connectivity index (χ4v) is 6.68. The Morgan fingerprint density at radius 3 is 2.31 bits per heavy atom. The van der Waals surface area contributed by atoms with Gasteiger partial charge in [-0.3, -0.25) is 4.99 Å². The largest absolute Gasteiger partial charge is 0.399 e. The van der Waals surface area contributed by atoms with Crippen LogP contribution < -0.4 is 0 Å². The molecule has 0 unspecified atom stereocenters. The Balaban J connectivity index is 2.87. The molecule has 0 saturated heterocycles. The second kappa shape index (κ2) is 4.59. The molecule has 13 heavy (non-hydrogen) atoms. The van der Waals surface area contributed by atoms with Gasteiger partial charge < -0.3 is 8.85 Å². The molecular weight excluding hydrogens is 202 g/mol. The Morgan fingerprint density at radius 2 is 2.00 bits per heavy atom. The minimum Gasteiger partial charge on any atom is -0.393 e. The Labute approximate surface area is 85.2 Å². The van der Waals surface area contributed by atoms with E-state index in [4.69, 9.17) is 8.85 Å². The first kappa shape index (κ1) is 11.2. The zero-order valence-electron chi connectivity index (χ0n) is 8.66. The van der Waals surface area contributed by atoms with Gasteiger partial charge in [-0.1, -0.05) is 13.8 Å². The van der Waals surface area contributed by atoms with E-state index in [2.05, 4.69) is 18.8 Å². The van der Waals surface area contributed by atoms with E-state index in [9.17, 15) is 0 Å². The van der Waals surface area contributed by atoms with Crippen LogP contribution in [-0.4, -0.2) is 39.7 Å². The highest BCUT2D eigenvalue weighted by atomic mass is 32.2. The molecule has 0 bridgehead atoms. The maximum atomic E-state index is 5.60. The second-order valence-electron chi connectivity index (χ2n) is 3.27. The first-order valence-corrected chi connectivity index (χ1v) is 7.33. The lowest BCUT2D eigenvalue weighted by Crippen LogP contribution is -2.50. The van der Waals surface area contributed by atoms with E-state index >= 15 is 0 Å². The molecule has 5 heteroatoms. The van der Waals surface area contributed by atoms with Crippen LogP contribution in [0, 0.1) is 0 Å². The first-order valence-electron chi connectivity index (χ1n) is 4.45. The number of aliphatic imine (C=N–C) groups is 1. The summed E-state index contributed by atoms with van der Waals surface area (Å²) in [5, 5.41) is 0. The zero-order valence-corrected chi connectivity index (χ0v) is 10.5. The third kappa shape index (κ3) is 1.98. The van der Waals surface area contributed by atoms with Gasteiger partial charge in [0.05, 0.1) is 0 Å². The van der Waals surface area contributed by atoms with Gasteiger partial charge in [0.1, 0.15) is 4.67 Å². The summed E-state index contributed by atoms with van der Waals surface area (Å²) in [5.74, 6) is 1.07. The fourth-order valence-electron chi connectivity index (χ4n) is 1.52. The average molecular weight is 219 g/mol. The van der Waals surface area contributed by atoms with Gasteiger partial charge in [-0.15, -0.1) is 11.8 Å². The molecule has 0 saturated carbocycles. The summed E-state index contributed by atoms with van der Waals surface area (Å²) < 4.78 is 12.3. The summed E-state index contributed by atoms with van der Waals surface area (Å²) in [7, 11) is 1.29. The van der Waals surface area contributed by atoms with Crippen molar-refractivity contribution < 1.29 is 8.85 Å². The lowest BCUT2D eigenvalue weighted by molar-refractivity contribution is 0.253. The molecule has 0 aliphatic carbocycles. The van der Waals surface area contributed by atoms with Crippen molar-refractivity contribution >= 4 is 25.0 Å². The molecule has 0 radical (unpaired) electrons. The maximum Gasteiger partial charge on any atom is 0.399 e. The van der Waals surface area contributed by atoms with E-state index in [1.807, 2.05) is 0 Å². The van der Waals surface area contributed by atoms with Crippen molar-refractivity contribution in [2.45, 2.75) is 19.4 Å². The van der Waals surface area contributed by atoms with Crippen LogP contribution in [0.2, 0.25) is 5.54 Å². The van der Waals surface area contributed by atoms with Gasteiger partial charge in [-0.05, 0) is 0 Å². The Bertz CT molecular complexity index is 204. The molecule has 1 rings (SSSR count). The van der Waals surface area contributed by atoms with Gasteiger partial charge in [-0.25, -0.2) is 0 Å². The molecule has 76 valence electrons. The molecule has 0 amide bonds. The number of hydrogen-bond acceptors (Lipinski definition) is 4. The molecule has 0 aromatic rings. The fraction of sp³-hybridized carbons (Fsp3) is 0.875. The zero-order chi connectivity index (χ0) is 9.90. The summed E-state index contributed by atoms with van der Waals surface area (Å²) in [6, 6.07) is 0. The summed E-state index contributed by atoms with van der Waals surface area (Å²) in [6.45, 7) is 5.19. The van der Waals surface area contributed by atoms with Crippen molar-refractivity contribution in [2.75, 3.05) is 26.5 Å². The average Bonchev–Trinajstić information content (AvgIpc) is 2.60. The lowest BCUT2D eigenvalue weighted by Gasteiger charge is -2.30. The monoisotopic (exact) mass is 219 g/mol. The second-order valence-corrected chi connectivity index (χ2v) is 8.49. The van der Waals surface area contributed by atoms with Gasteiger partial charge >= 0.3 is 8.56 Å². The third-order valence-corrected chi connectivity index (χ3v) is 7.81. The number of nitrogens with zero attached hydrogens (tertiary/aromatic N) is 1. The molecule has 1 heterocycles. The van der Waals surface area contributed by atoms with Crippen LogP contribution in [0.15, 0.2) is 4.99 Å². The predicted molar refractivity (Wildman–Crippen MR) is 59.6 cm³/mol. The molecule has 0 atom stereocenters. The molecule has 0 aromatic carbocycles. The quantitative estimate of drug-likeness (QED) is 0.676. The molecular formula is C8H17NO2SSi. The summed E-state index contributed by atoms with van der Waals surface area (Å²) >= 11 is 1.79. The number of rotatable bonds is 4. The van der Waals surface area contributed by atoms with Crippen molar-refractivity contribution in [1.82, 2.24) is 0 Å². The van der Waals surface area contributed by atoms with Crippen LogP contribution >= 0.6 is 11.8 Å². The molecule has 1 aliphatic heterocycles. The molecule has 1 aliphatic rings. The first-order chi connectivity index (χ1) is 6.17. The summed E-state index contributed by atoms with van der Waals surface area (Å²) in [5.41, 5.74) is 0.409. The Hall–Kier alpha value is 0.157. The summed E-state index contributed by atoms with van der Waals surface area (Å²) in [6.07, 6.45) is 0. The molecule has 0 N–H and O–H groups in total. The van der Waals surface area contributed by atoms with Crippen molar-refractivity contribution in [3.8, 4) is 0 Å². The third-order valence-electron chi connectivity index (χ3n) is 2.25. The standard InChI is InChI=1S/C8H17NO2SSi/c1-7(2)13(10-3,11-4)8-9-5-6-12-8/h7H,5-6H2,1-4H3. The molecule has 0 fully saturated rings. The minimum absolute atomic E-state index is 0.409. The van der Waals surface area contributed by atoms with Crippen LogP contribution in [0.3, 0.4) is 0 Å². The lowest BCUT2D eigenvalue weighted by atomic mass is 10.6.